The normalized spacial score (nSPS) is 12.3. The highest BCUT2D eigenvalue weighted by atomic mass is 15.0. The summed E-state index contributed by atoms with van der Waals surface area (Å²) in [5.74, 6) is 0. The Kier molecular flexibility index (Phi) is 5.92. The number of aromatic nitrogens is 2. The second kappa shape index (κ2) is 11.1. The van der Waals surface area contributed by atoms with Gasteiger partial charge in [0.05, 0.1) is 22.1 Å². The van der Waals surface area contributed by atoms with Crippen LogP contribution < -0.4 is 0 Å². The summed E-state index contributed by atoms with van der Waals surface area (Å²) in [4.78, 5) is 0. The van der Waals surface area contributed by atoms with Gasteiger partial charge in [-0.25, -0.2) is 0 Å². The molecule has 0 aliphatic carbocycles. The van der Waals surface area contributed by atoms with E-state index in [2.05, 4.69) is 203 Å². The Balaban J connectivity index is 1.08. The quantitative estimate of drug-likeness (QED) is 0.128. The molecule has 13 rings (SSSR count). The Morgan fingerprint density at radius 1 is 0.214 bits per heavy atom. The largest absolute Gasteiger partial charge is 0.309 e. The molecule has 11 aromatic carbocycles. The molecule has 0 aliphatic heterocycles. The van der Waals surface area contributed by atoms with Crippen LogP contribution in [0.25, 0.3) is 120 Å². The van der Waals surface area contributed by atoms with E-state index in [1.54, 1.807) is 0 Å². The van der Waals surface area contributed by atoms with Gasteiger partial charge in [0, 0.05) is 32.9 Å². The molecule has 0 spiro atoms. The Morgan fingerprint density at radius 3 is 1.25 bits per heavy atom. The summed E-state index contributed by atoms with van der Waals surface area (Å²) >= 11 is 0. The molecule has 2 nitrogen and oxygen atoms in total. The number of hydrogen-bond acceptors (Lipinski definition) is 0. The van der Waals surface area contributed by atoms with Crippen LogP contribution in [0.4, 0.5) is 0 Å². The molecule has 0 atom stereocenters. The van der Waals surface area contributed by atoms with E-state index >= 15 is 0 Å². The third-order valence-electron chi connectivity index (χ3n) is 12.4. The summed E-state index contributed by atoms with van der Waals surface area (Å²) in [6.07, 6.45) is 0. The molecular formula is C54H32N2. The summed E-state index contributed by atoms with van der Waals surface area (Å²) in [5, 5.41) is 18.3. The molecule has 2 heterocycles. The zero-order chi connectivity index (χ0) is 36.5. The van der Waals surface area contributed by atoms with Gasteiger partial charge in [0.25, 0.3) is 0 Å². The average molecular weight is 709 g/mol. The molecule has 0 N–H and O–H groups in total. The molecule has 0 radical (unpaired) electrons. The first kappa shape index (κ1) is 30.0. The highest BCUT2D eigenvalue weighted by molar-refractivity contribution is 6.40. The molecule has 0 bridgehead atoms. The van der Waals surface area contributed by atoms with Gasteiger partial charge in [-0.3, -0.25) is 0 Å². The van der Waals surface area contributed by atoms with Crippen molar-refractivity contribution in [2.45, 2.75) is 0 Å². The van der Waals surface area contributed by atoms with Gasteiger partial charge in [-0.15, -0.1) is 0 Å². The molecule has 0 fully saturated rings. The molecule has 13 aromatic rings. The summed E-state index contributed by atoms with van der Waals surface area (Å²) in [7, 11) is 0. The van der Waals surface area contributed by atoms with E-state index in [0.717, 1.165) is 11.4 Å². The van der Waals surface area contributed by atoms with Gasteiger partial charge >= 0.3 is 0 Å². The van der Waals surface area contributed by atoms with E-state index in [0.29, 0.717) is 0 Å². The maximum Gasteiger partial charge on any atom is 0.0542 e. The SMILES string of the molecule is c1ccc(-n2c3ccc(-c4ccc5c(c4)c4cccc6c7ccccc7c7cccc5c7c64)cc3c3cc(-n4c5ccccc5c5ccccc54)ccc32)cc1. The Bertz CT molecular complexity index is 3700. The number of benzene rings is 11. The smallest absolute Gasteiger partial charge is 0.0542 e. The molecule has 2 heteroatoms. The van der Waals surface area contributed by atoms with Crippen molar-refractivity contribution in [2.24, 2.45) is 0 Å². The highest BCUT2D eigenvalue weighted by Crippen LogP contribution is 2.46. The second-order valence-corrected chi connectivity index (χ2v) is 15.2. The molecule has 0 aliphatic rings. The molecule has 56 heavy (non-hydrogen) atoms. The minimum Gasteiger partial charge on any atom is -0.309 e. The van der Waals surface area contributed by atoms with Gasteiger partial charge < -0.3 is 9.13 Å². The monoisotopic (exact) mass is 708 g/mol. The van der Waals surface area contributed by atoms with E-state index in [4.69, 9.17) is 0 Å². The van der Waals surface area contributed by atoms with Crippen molar-refractivity contribution in [1.29, 1.82) is 0 Å². The van der Waals surface area contributed by atoms with Crippen LogP contribution in [-0.2, 0) is 0 Å². The van der Waals surface area contributed by atoms with Gasteiger partial charge in [-0.1, -0.05) is 133 Å². The van der Waals surface area contributed by atoms with Crippen molar-refractivity contribution in [3.8, 4) is 22.5 Å². The van der Waals surface area contributed by atoms with Crippen LogP contribution in [0.5, 0.6) is 0 Å². The fourth-order valence-electron chi connectivity index (χ4n) is 10.1. The average Bonchev–Trinajstić information content (AvgIpc) is 3.78. The van der Waals surface area contributed by atoms with Crippen LogP contribution in [0.1, 0.15) is 0 Å². The molecule has 0 unspecified atom stereocenters. The van der Waals surface area contributed by atoms with Crippen molar-refractivity contribution in [2.75, 3.05) is 0 Å². The lowest BCUT2D eigenvalue weighted by Gasteiger charge is -2.18. The van der Waals surface area contributed by atoms with E-state index in [1.165, 1.54) is 109 Å². The van der Waals surface area contributed by atoms with Crippen LogP contribution in [0.2, 0.25) is 0 Å². The number of fused-ring (bicyclic) bond motifs is 12. The van der Waals surface area contributed by atoms with Crippen molar-refractivity contribution in [3.63, 3.8) is 0 Å². The second-order valence-electron chi connectivity index (χ2n) is 15.2. The fourth-order valence-corrected chi connectivity index (χ4v) is 10.1. The van der Waals surface area contributed by atoms with Crippen LogP contribution in [0.3, 0.4) is 0 Å². The molecule has 0 saturated heterocycles. The van der Waals surface area contributed by atoms with Crippen molar-refractivity contribution in [3.05, 3.63) is 194 Å². The first-order valence-corrected chi connectivity index (χ1v) is 19.4. The minimum atomic E-state index is 1.16. The lowest BCUT2D eigenvalue weighted by atomic mass is 9.85. The van der Waals surface area contributed by atoms with Gasteiger partial charge in [-0.2, -0.15) is 0 Å². The van der Waals surface area contributed by atoms with Crippen LogP contribution >= 0.6 is 0 Å². The molecule has 0 saturated carbocycles. The minimum absolute atomic E-state index is 1.16. The Hall–Kier alpha value is -7.42. The first-order chi connectivity index (χ1) is 27.8. The lowest BCUT2D eigenvalue weighted by Crippen LogP contribution is -1.95. The molecule has 0 amide bonds. The van der Waals surface area contributed by atoms with E-state index in [-0.39, 0.29) is 0 Å². The van der Waals surface area contributed by atoms with Gasteiger partial charge in [0.1, 0.15) is 0 Å². The Labute approximate surface area is 322 Å². The standard InChI is InChI=1S/C54H32N2/c1-2-12-35(13-3-1)55-51-28-25-34(31-47(51)48-32-36(26-29-52(48)55)56-49-22-8-6-16-40(49)41-17-7-9-23-50(41)56)33-24-27-39-44-20-10-18-42-37-14-4-5-15-38(37)43-19-11-21-45(46(39)30-33)54(43)53(42)44/h1-32H. The predicted octanol–water partition coefficient (Wildman–Crippen LogP) is 14.8. The summed E-state index contributed by atoms with van der Waals surface area (Å²) in [5.41, 5.74) is 9.58. The third-order valence-corrected chi connectivity index (χ3v) is 12.4. The zero-order valence-electron chi connectivity index (χ0n) is 30.4. The third kappa shape index (κ3) is 3.95. The number of para-hydroxylation sites is 3. The molecule has 2 aromatic heterocycles. The lowest BCUT2D eigenvalue weighted by molar-refractivity contribution is 1.17. The highest BCUT2D eigenvalue weighted by Gasteiger charge is 2.19. The molecule has 258 valence electrons. The maximum atomic E-state index is 2.43. The van der Waals surface area contributed by atoms with E-state index in [9.17, 15) is 0 Å². The van der Waals surface area contributed by atoms with Gasteiger partial charge in [0.2, 0.25) is 0 Å². The van der Waals surface area contributed by atoms with Gasteiger partial charge in [0.15, 0.2) is 0 Å². The van der Waals surface area contributed by atoms with Crippen molar-refractivity contribution < 1.29 is 0 Å². The molecular weight excluding hydrogens is 677 g/mol. The Morgan fingerprint density at radius 2 is 0.625 bits per heavy atom. The number of nitrogens with zero attached hydrogens (tertiary/aromatic N) is 2. The predicted molar refractivity (Wildman–Crippen MR) is 239 cm³/mol. The number of hydrogen-bond donors (Lipinski definition) is 0. The zero-order valence-corrected chi connectivity index (χ0v) is 30.4. The van der Waals surface area contributed by atoms with Crippen LogP contribution in [-0.4, -0.2) is 9.13 Å². The fraction of sp³-hybridized carbons (Fsp3) is 0. The summed E-state index contributed by atoms with van der Waals surface area (Å²) in [6.45, 7) is 0. The van der Waals surface area contributed by atoms with Crippen molar-refractivity contribution in [1.82, 2.24) is 9.13 Å². The summed E-state index contributed by atoms with van der Waals surface area (Å²) in [6, 6.07) is 72.0. The topological polar surface area (TPSA) is 9.86 Å². The first-order valence-electron chi connectivity index (χ1n) is 19.4. The van der Waals surface area contributed by atoms with E-state index in [1.807, 2.05) is 0 Å². The van der Waals surface area contributed by atoms with E-state index < -0.39 is 0 Å². The summed E-state index contributed by atoms with van der Waals surface area (Å²) < 4.78 is 4.84. The maximum absolute atomic E-state index is 2.43. The number of rotatable bonds is 3. The van der Waals surface area contributed by atoms with Crippen LogP contribution in [0, 0.1) is 0 Å². The van der Waals surface area contributed by atoms with Gasteiger partial charge in [-0.05, 0) is 126 Å². The van der Waals surface area contributed by atoms with Crippen molar-refractivity contribution >= 4 is 97.5 Å². The van der Waals surface area contributed by atoms with Crippen LogP contribution in [0.15, 0.2) is 194 Å².